The minimum atomic E-state index is 0.458. The molecule has 68 valence electrons. The van der Waals surface area contributed by atoms with Crippen molar-refractivity contribution in [2.75, 3.05) is 26.3 Å². The molecule has 1 aliphatic heterocycles. The molecule has 2 heteroatoms. The van der Waals surface area contributed by atoms with Crippen LogP contribution in [-0.4, -0.2) is 26.3 Å². The summed E-state index contributed by atoms with van der Waals surface area (Å²) >= 11 is 0. The first-order valence-electron chi connectivity index (χ1n) is 4.65. The first kappa shape index (κ1) is 9.57. The van der Waals surface area contributed by atoms with E-state index in [9.17, 15) is 0 Å². The van der Waals surface area contributed by atoms with Gasteiger partial charge in [-0.3, -0.25) is 0 Å². The molecule has 1 fully saturated rings. The Morgan fingerprint density at radius 2 is 2.50 bits per heavy atom. The molecule has 12 heavy (non-hydrogen) atoms. The van der Waals surface area contributed by atoms with Gasteiger partial charge in [-0.2, -0.15) is 0 Å². The van der Waals surface area contributed by atoms with Crippen molar-refractivity contribution in [3.63, 3.8) is 0 Å². The van der Waals surface area contributed by atoms with Crippen molar-refractivity contribution in [1.82, 2.24) is 5.32 Å². The number of piperidine rings is 1. The average Bonchev–Trinajstić information content (AvgIpc) is 2.14. The predicted octanol–water partition coefficient (Wildman–Crippen LogP) is 1.03. The minimum absolute atomic E-state index is 0.458. The molecule has 1 rings (SSSR count). The van der Waals surface area contributed by atoms with Gasteiger partial charge in [-0.1, -0.05) is 5.92 Å². The number of rotatable bonds is 4. The lowest BCUT2D eigenvalue weighted by Crippen LogP contribution is -2.30. The monoisotopic (exact) mass is 167 g/mol. The van der Waals surface area contributed by atoms with E-state index in [1.54, 1.807) is 0 Å². The lowest BCUT2D eigenvalue weighted by molar-refractivity contribution is 0.143. The minimum Gasteiger partial charge on any atom is -0.369 e. The van der Waals surface area contributed by atoms with E-state index in [0.29, 0.717) is 6.61 Å². The van der Waals surface area contributed by atoms with E-state index in [1.807, 2.05) is 0 Å². The van der Waals surface area contributed by atoms with Gasteiger partial charge in [0.25, 0.3) is 0 Å². The number of ether oxygens (including phenoxy) is 1. The molecule has 0 aliphatic carbocycles. The van der Waals surface area contributed by atoms with Gasteiger partial charge in [0.05, 0.1) is 0 Å². The Hall–Kier alpha value is -0.520. The Kier molecular flexibility index (Phi) is 4.82. The van der Waals surface area contributed by atoms with Crippen molar-refractivity contribution in [3.8, 4) is 12.3 Å². The molecule has 1 N–H and O–H groups in total. The Bertz CT molecular complexity index is 144. The number of hydrogen-bond acceptors (Lipinski definition) is 2. The second-order valence-electron chi connectivity index (χ2n) is 3.26. The maximum Gasteiger partial charge on any atom is 0.107 e. The number of hydrogen-bond donors (Lipinski definition) is 1. The largest absolute Gasteiger partial charge is 0.369 e. The standard InChI is InChI=1S/C10H17NO/c1-2-7-12-8-5-10-4-3-6-11-9-10/h1,10-11H,3-9H2/t10-/m0/s1. The van der Waals surface area contributed by atoms with Crippen molar-refractivity contribution >= 4 is 0 Å². The zero-order chi connectivity index (χ0) is 8.65. The molecule has 0 aromatic heterocycles. The normalized spacial score (nSPS) is 23.4. The molecule has 0 unspecified atom stereocenters. The Morgan fingerprint density at radius 3 is 3.17 bits per heavy atom. The lowest BCUT2D eigenvalue weighted by atomic mass is 9.97. The van der Waals surface area contributed by atoms with E-state index >= 15 is 0 Å². The van der Waals surface area contributed by atoms with E-state index in [2.05, 4.69) is 11.2 Å². The molecule has 1 heterocycles. The fourth-order valence-corrected chi connectivity index (χ4v) is 1.55. The van der Waals surface area contributed by atoms with Gasteiger partial charge >= 0.3 is 0 Å². The van der Waals surface area contributed by atoms with Crippen molar-refractivity contribution in [3.05, 3.63) is 0 Å². The molecule has 0 saturated carbocycles. The highest BCUT2D eigenvalue weighted by atomic mass is 16.5. The highest BCUT2D eigenvalue weighted by Gasteiger charge is 2.11. The third-order valence-electron chi connectivity index (χ3n) is 2.25. The van der Waals surface area contributed by atoms with Crippen LogP contribution < -0.4 is 5.32 Å². The van der Waals surface area contributed by atoms with Crippen LogP contribution >= 0.6 is 0 Å². The molecular formula is C10H17NO. The van der Waals surface area contributed by atoms with Gasteiger partial charge in [0.15, 0.2) is 0 Å². The average molecular weight is 167 g/mol. The summed E-state index contributed by atoms with van der Waals surface area (Å²) in [5, 5.41) is 3.38. The first-order valence-corrected chi connectivity index (χ1v) is 4.65. The van der Waals surface area contributed by atoms with Gasteiger partial charge in [0.2, 0.25) is 0 Å². The second kappa shape index (κ2) is 6.05. The van der Waals surface area contributed by atoms with Crippen LogP contribution in [0.5, 0.6) is 0 Å². The SMILES string of the molecule is C#CCOCC[C@@H]1CCCNC1. The van der Waals surface area contributed by atoms with Crippen LogP contribution in [0.4, 0.5) is 0 Å². The van der Waals surface area contributed by atoms with E-state index in [0.717, 1.165) is 25.5 Å². The second-order valence-corrected chi connectivity index (χ2v) is 3.26. The molecule has 0 spiro atoms. The summed E-state index contributed by atoms with van der Waals surface area (Å²) in [6.45, 7) is 3.61. The van der Waals surface area contributed by atoms with E-state index < -0.39 is 0 Å². The molecule has 1 saturated heterocycles. The fourth-order valence-electron chi connectivity index (χ4n) is 1.55. The Labute approximate surface area is 74.7 Å². The molecule has 2 nitrogen and oxygen atoms in total. The van der Waals surface area contributed by atoms with Crippen LogP contribution in [0.2, 0.25) is 0 Å². The molecule has 0 amide bonds. The highest BCUT2D eigenvalue weighted by molar-refractivity contribution is 4.82. The Balaban J connectivity index is 1.95. The van der Waals surface area contributed by atoms with Crippen LogP contribution in [0.1, 0.15) is 19.3 Å². The molecule has 1 aliphatic rings. The number of terminal acetylenes is 1. The van der Waals surface area contributed by atoms with E-state index in [1.165, 1.54) is 19.4 Å². The zero-order valence-corrected chi connectivity index (χ0v) is 7.51. The fraction of sp³-hybridized carbons (Fsp3) is 0.800. The third-order valence-corrected chi connectivity index (χ3v) is 2.25. The van der Waals surface area contributed by atoms with Crippen LogP contribution in [0.3, 0.4) is 0 Å². The molecular weight excluding hydrogens is 150 g/mol. The summed E-state index contributed by atoms with van der Waals surface area (Å²) in [4.78, 5) is 0. The highest BCUT2D eigenvalue weighted by Crippen LogP contribution is 2.13. The van der Waals surface area contributed by atoms with Crippen molar-refractivity contribution in [1.29, 1.82) is 0 Å². The van der Waals surface area contributed by atoms with Gasteiger partial charge in [-0.25, -0.2) is 0 Å². The summed E-state index contributed by atoms with van der Waals surface area (Å²) in [5.74, 6) is 3.27. The van der Waals surface area contributed by atoms with E-state index in [4.69, 9.17) is 11.2 Å². The molecule has 0 radical (unpaired) electrons. The predicted molar refractivity (Wildman–Crippen MR) is 49.9 cm³/mol. The van der Waals surface area contributed by atoms with Crippen LogP contribution in [-0.2, 0) is 4.74 Å². The maximum absolute atomic E-state index is 5.22. The quantitative estimate of drug-likeness (QED) is 0.498. The van der Waals surface area contributed by atoms with Crippen LogP contribution in [0.15, 0.2) is 0 Å². The van der Waals surface area contributed by atoms with Crippen molar-refractivity contribution in [2.24, 2.45) is 5.92 Å². The van der Waals surface area contributed by atoms with Gasteiger partial charge in [-0.05, 0) is 38.3 Å². The van der Waals surface area contributed by atoms with Crippen molar-refractivity contribution in [2.45, 2.75) is 19.3 Å². The van der Waals surface area contributed by atoms with Gasteiger partial charge in [-0.15, -0.1) is 6.42 Å². The third kappa shape index (κ3) is 3.75. The molecule has 0 aromatic rings. The Morgan fingerprint density at radius 1 is 1.58 bits per heavy atom. The molecule has 1 atom stereocenters. The summed E-state index contributed by atoms with van der Waals surface area (Å²) < 4.78 is 5.22. The molecule has 0 aromatic carbocycles. The van der Waals surface area contributed by atoms with E-state index in [-0.39, 0.29) is 0 Å². The van der Waals surface area contributed by atoms with Crippen LogP contribution in [0.25, 0.3) is 0 Å². The summed E-state index contributed by atoms with van der Waals surface area (Å²) in [6.07, 6.45) is 8.85. The summed E-state index contributed by atoms with van der Waals surface area (Å²) in [6, 6.07) is 0. The van der Waals surface area contributed by atoms with Gasteiger partial charge in [0, 0.05) is 6.61 Å². The van der Waals surface area contributed by atoms with Gasteiger partial charge < -0.3 is 10.1 Å². The van der Waals surface area contributed by atoms with Gasteiger partial charge in [0.1, 0.15) is 6.61 Å². The summed E-state index contributed by atoms with van der Waals surface area (Å²) in [5.41, 5.74) is 0. The number of nitrogens with one attached hydrogen (secondary N) is 1. The van der Waals surface area contributed by atoms with Crippen LogP contribution in [0, 0.1) is 18.3 Å². The van der Waals surface area contributed by atoms with Crippen molar-refractivity contribution < 1.29 is 4.74 Å². The topological polar surface area (TPSA) is 21.3 Å². The summed E-state index contributed by atoms with van der Waals surface area (Å²) in [7, 11) is 0. The lowest BCUT2D eigenvalue weighted by Gasteiger charge is -2.22. The maximum atomic E-state index is 5.22. The zero-order valence-electron chi connectivity index (χ0n) is 7.51. The molecule has 0 bridgehead atoms. The smallest absolute Gasteiger partial charge is 0.107 e. The first-order chi connectivity index (χ1) is 5.93.